The van der Waals surface area contributed by atoms with Gasteiger partial charge in [0.15, 0.2) is 0 Å². The highest BCUT2D eigenvalue weighted by atomic mass is 32.1. The van der Waals surface area contributed by atoms with Crippen LogP contribution in [0.4, 0.5) is 0 Å². The summed E-state index contributed by atoms with van der Waals surface area (Å²) in [6.07, 6.45) is 2.51. The Kier molecular flexibility index (Phi) is 3.61. The second-order valence-corrected chi connectivity index (χ2v) is 5.22. The van der Waals surface area contributed by atoms with E-state index in [2.05, 4.69) is 22.8 Å². The molecule has 4 heteroatoms. The number of thiophene rings is 1. The SMILES string of the molecule is COC(=O)[C@H](C)NC(c1cccs1)C1CC1. The topological polar surface area (TPSA) is 38.3 Å². The number of esters is 1. The van der Waals surface area contributed by atoms with Crippen LogP contribution < -0.4 is 5.32 Å². The summed E-state index contributed by atoms with van der Waals surface area (Å²) in [4.78, 5) is 12.7. The lowest BCUT2D eigenvalue weighted by molar-refractivity contribution is -0.142. The summed E-state index contributed by atoms with van der Waals surface area (Å²) in [6, 6.07) is 4.26. The predicted molar refractivity (Wildman–Crippen MR) is 64.4 cm³/mol. The van der Waals surface area contributed by atoms with E-state index in [9.17, 15) is 4.79 Å². The molecular weight excluding hydrogens is 222 g/mol. The van der Waals surface area contributed by atoms with Gasteiger partial charge in [-0.05, 0) is 37.1 Å². The molecule has 1 saturated carbocycles. The molecule has 3 nitrogen and oxygen atoms in total. The maximum atomic E-state index is 11.4. The molecule has 1 aliphatic rings. The number of rotatable bonds is 5. The molecule has 0 spiro atoms. The lowest BCUT2D eigenvalue weighted by atomic mass is 10.1. The third-order valence-corrected chi connectivity index (χ3v) is 3.88. The maximum Gasteiger partial charge on any atom is 0.322 e. The van der Waals surface area contributed by atoms with E-state index in [1.807, 2.05) is 6.92 Å². The van der Waals surface area contributed by atoms with E-state index in [0.717, 1.165) is 0 Å². The maximum absolute atomic E-state index is 11.4. The van der Waals surface area contributed by atoms with Crippen molar-refractivity contribution in [3.8, 4) is 0 Å². The highest BCUT2D eigenvalue weighted by molar-refractivity contribution is 7.10. The summed E-state index contributed by atoms with van der Waals surface area (Å²) < 4.78 is 4.73. The van der Waals surface area contributed by atoms with Crippen LogP contribution in [0.25, 0.3) is 0 Å². The van der Waals surface area contributed by atoms with Crippen LogP contribution in [-0.2, 0) is 9.53 Å². The zero-order valence-electron chi connectivity index (χ0n) is 9.60. The molecule has 88 valence electrons. The quantitative estimate of drug-likeness (QED) is 0.802. The monoisotopic (exact) mass is 239 g/mol. The van der Waals surface area contributed by atoms with Gasteiger partial charge in [-0.3, -0.25) is 10.1 Å². The van der Waals surface area contributed by atoms with Crippen LogP contribution in [0.2, 0.25) is 0 Å². The molecule has 2 rings (SSSR count). The van der Waals surface area contributed by atoms with Crippen molar-refractivity contribution < 1.29 is 9.53 Å². The fourth-order valence-corrected chi connectivity index (χ4v) is 2.74. The average molecular weight is 239 g/mol. The highest BCUT2D eigenvalue weighted by Gasteiger charge is 2.34. The number of methoxy groups -OCH3 is 1. The van der Waals surface area contributed by atoms with E-state index in [1.165, 1.54) is 24.8 Å². The van der Waals surface area contributed by atoms with Gasteiger partial charge < -0.3 is 4.74 Å². The normalized spacial score (nSPS) is 19.1. The molecule has 1 fully saturated rings. The lowest BCUT2D eigenvalue weighted by Crippen LogP contribution is -2.38. The molecule has 0 amide bonds. The van der Waals surface area contributed by atoms with Gasteiger partial charge in [0, 0.05) is 10.9 Å². The second-order valence-electron chi connectivity index (χ2n) is 4.24. The summed E-state index contributed by atoms with van der Waals surface area (Å²) in [5, 5.41) is 5.45. The van der Waals surface area contributed by atoms with Gasteiger partial charge in [-0.15, -0.1) is 11.3 Å². The van der Waals surface area contributed by atoms with Gasteiger partial charge in [-0.25, -0.2) is 0 Å². The first-order valence-corrected chi connectivity index (χ1v) is 6.47. The standard InChI is InChI=1S/C12H17NO2S/c1-8(12(14)15-2)13-11(9-5-6-9)10-4-3-7-16-10/h3-4,7-9,11,13H,5-6H2,1-2H3/t8-,11?/m0/s1. The molecular formula is C12H17NO2S. The van der Waals surface area contributed by atoms with Crippen molar-refractivity contribution >= 4 is 17.3 Å². The summed E-state index contributed by atoms with van der Waals surface area (Å²) in [7, 11) is 1.43. The van der Waals surface area contributed by atoms with E-state index in [4.69, 9.17) is 4.74 Å². The molecule has 0 bridgehead atoms. The van der Waals surface area contributed by atoms with Crippen LogP contribution in [0.3, 0.4) is 0 Å². The first-order valence-electron chi connectivity index (χ1n) is 5.59. The minimum absolute atomic E-state index is 0.192. The van der Waals surface area contributed by atoms with E-state index in [1.54, 1.807) is 11.3 Å². The fraction of sp³-hybridized carbons (Fsp3) is 0.583. The number of nitrogens with one attached hydrogen (secondary N) is 1. The molecule has 1 unspecified atom stereocenters. The van der Waals surface area contributed by atoms with Crippen molar-refractivity contribution in [1.82, 2.24) is 5.32 Å². The molecule has 16 heavy (non-hydrogen) atoms. The zero-order chi connectivity index (χ0) is 11.5. The van der Waals surface area contributed by atoms with Gasteiger partial charge in [-0.2, -0.15) is 0 Å². The van der Waals surface area contributed by atoms with Crippen LogP contribution in [0.1, 0.15) is 30.7 Å². The van der Waals surface area contributed by atoms with E-state index < -0.39 is 0 Å². The number of carbonyl (C=O) groups excluding carboxylic acids is 1. The van der Waals surface area contributed by atoms with Crippen LogP contribution in [0, 0.1) is 5.92 Å². The number of carbonyl (C=O) groups is 1. The van der Waals surface area contributed by atoms with Crippen LogP contribution in [0.15, 0.2) is 17.5 Å². The van der Waals surface area contributed by atoms with E-state index >= 15 is 0 Å². The highest BCUT2D eigenvalue weighted by Crippen LogP contribution is 2.42. The third kappa shape index (κ3) is 2.62. The van der Waals surface area contributed by atoms with Crippen LogP contribution in [0.5, 0.6) is 0 Å². The van der Waals surface area contributed by atoms with Gasteiger partial charge in [0.1, 0.15) is 6.04 Å². The van der Waals surface area contributed by atoms with Crippen molar-refractivity contribution in [3.63, 3.8) is 0 Å². The molecule has 1 aliphatic carbocycles. The summed E-state index contributed by atoms with van der Waals surface area (Å²) in [5.41, 5.74) is 0. The third-order valence-electron chi connectivity index (χ3n) is 2.93. The Bertz CT molecular complexity index is 346. The van der Waals surface area contributed by atoms with Gasteiger partial charge >= 0.3 is 5.97 Å². The molecule has 0 aliphatic heterocycles. The second kappa shape index (κ2) is 4.97. The summed E-state index contributed by atoms with van der Waals surface area (Å²) in [5.74, 6) is 0.493. The molecule has 1 N–H and O–H groups in total. The Morgan fingerprint density at radius 2 is 2.38 bits per heavy atom. The number of hydrogen-bond acceptors (Lipinski definition) is 4. The van der Waals surface area contributed by atoms with E-state index in [-0.39, 0.29) is 12.0 Å². The van der Waals surface area contributed by atoms with Gasteiger partial charge in [0.25, 0.3) is 0 Å². The van der Waals surface area contributed by atoms with Crippen molar-refractivity contribution in [2.75, 3.05) is 7.11 Å². The zero-order valence-corrected chi connectivity index (χ0v) is 10.4. The minimum Gasteiger partial charge on any atom is -0.468 e. The average Bonchev–Trinajstić information content (AvgIpc) is 2.99. The number of hydrogen-bond donors (Lipinski definition) is 1. The first-order chi connectivity index (χ1) is 7.72. The van der Waals surface area contributed by atoms with Crippen molar-refractivity contribution in [1.29, 1.82) is 0 Å². The predicted octanol–water partition coefficient (Wildman–Crippen LogP) is 2.35. The summed E-state index contributed by atoms with van der Waals surface area (Å²) in [6.45, 7) is 1.86. The molecule has 1 aromatic rings. The lowest BCUT2D eigenvalue weighted by Gasteiger charge is -2.20. The van der Waals surface area contributed by atoms with Crippen molar-refractivity contribution in [3.05, 3.63) is 22.4 Å². The number of ether oxygens (including phenoxy) is 1. The smallest absolute Gasteiger partial charge is 0.322 e. The summed E-state index contributed by atoms with van der Waals surface area (Å²) >= 11 is 1.75. The van der Waals surface area contributed by atoms with Crippen molar-refractivity contribution in [2.24, 2.45) is 5.92 Å². The Labute approximate surface area is 99.8 Å². The van der Waals surface area contributed by atoms with Gasteiger partial charge in [0.05, 0.1) is 7.11 Å². The Morgan fingerprint density at radius 3 is 2.88 bits per heavy atom. The first kappa shape index (κ1) is 11.6. The van der Waals surface area contributed by atoms with Crippen LogP contribution in [-0.4, -0.2) is 19.1 Å². The largest absolute Gasteiger partial charge is 0.468 e. The minimum atomic E-state index is -0.238. The van der Waals surface area contributed by atoms with Gasteiger partial charge in [0.2, 0.25) is 0 Å². The van der Waals surface area contributed by atoms with Crippen LogP contribution >= 0.6 is 11.3 Å². The molecule has 0 aromatic carbocycles. The molecule has 2 atom stereocenters. The Balaban J connectivity index is 2.01. The fourth-order valence-electron chi connectivity index (χ4n) is 1.86. The molecule has 1 aromatic heterocycles. The Morgan fingerprint density at radius 1 is 1.62 bits per heavy atom. The van der Waals surface area contributed by atoms with E-state index in [0.29, 0.717) is 12.0 Å². The molecule has 0 saturated heterocycles. The van der Waals surface area contributed by atoms with Gasteiger partial charge in [-0.1, -0.05) is 6.07 Å². The van der Waals surface area contributed by atoms with Crippen molar-refractivity contribution in [2.45, 2.75) is 31.8 Å². The molecule has 0 radical (unpaired) electrons. The Hall–Kier alpha value is -0.870. The molecule has 1 heterocycles.